The van der Waals surface area contributed by atoms with Gasteiger partial charge in [0.05, 0.1) is 22.0 Å². The predicted octanol–water partition coefficient (Wildman–Crippen LogP) is 2.70. The van der Waals surface area contributed by atoms with Gasteiger partial charge in [-0.05, 0) is 20.3 Å². The van der Waals surface area contributed by atoms with Crippen LogP contribution in [-0.2, 0) is 4.79 Å². The molecule has 15 heavy (non-hydrogen) atoms. The fraction of sp³-hybridized carbons (Fsp3) is 0.545. The van der Waals surface area contributed by atoms with Gasteiger partial charge in [0.15, 0.2) is 5.78 Å². The number of hydrogen-bond donors (Lipinski definition) is 0. The van der Waals surface area contributed by atoms with Gasteiger partial charge >= 0.3 is 0 Å². The van der Waals surface area contributed by atoms with Gasteiger partial charge in [0.2, 0.25) is 0 Å². The second-order valence-electron chi connectivity index (χ2n) is 3.54. The maximum Gasteiger partial charge on any atom is 0.182 e. The highest BCUT2D eigenvalue weighted by Crippen LogP contribution is 2.19. The number of nitrogens with zero attached hydrogens (tertiary/aromatic N) is 1. The van der Waals surface area contributed by atoms with Gasteiger partial charge in [-0.15, -0.1) is 11.3 Å². The summed E-state index contributed by atoms with van der Waals surface area (Å²) in [7, 11) is 0. The average molecular weight is 225 g/mol. The molecule has 0 aliphatic rings. The summed E-state index contributed by atoms with van der Waals surface area (Å²) in [6.07, 6.45) is 1.31. The Labute approximate surface area is 93.5 Å². The van der Waals surface area contributed by atoms with Crippen LogP contribution in [0.5, 0.6) is 0 Å². The number of carbonyl (C=O) groups is 2. The first-order valence-electron chi connectivity index (χ1n) is 5.03. The lowest BCUT2D eigenvalue weighted by Gasteiger charge is -1.97. The van der Waals surface area contributed by atoms with E-state index < -0.39 is 0 Å². The van der Waals surface area contributed by atoms with Gasteiger partial charge in [0.1, 0.15) is 5.78 Å². The molecule has 82 valence electrons. The Morgan fingerprint density at radius 3 is 2.47 bits per heavy atom. The lowest BCUT2D eigenvalue weighted by atomic mass is 10.1. The SMILES string of the molecule is CCCC(=O)CC(=O)c1sc(C)nc1C. The van der Waals surface area contributed by atoms with Gasteiger partial charge in [-0.1, -0.05) is 6.92 Å². The number of Topliss-reactive ketones (excluding diaryl/α,β-unsaturated/α-hetero) is 2. The molecule has 0 aliphatic carbocycles. The summed E-state index contributed by atoms with van der Waals surface area (Å²) < 4.78 is 0. The summed E-state index contributed by atoms with van der Waals surface area (Å²) >= 11 is 1.37. The minimum Gasteiger partial charge on any atom is -0.299 e. The third-order valence-corrected chi connectivity index (χ3v) is 3.16. The maximum absolute atomic E-state index is 11.7. The summed E-state index contributed by atoms with van der Waals surface area (Å²) in [4.78, 5) is 27.8. The number of aromatic nitrogens is 1. The van der Waals surface area contributed by atoms with Crippen molar-refractivity contribution in [1.29, 1.82) is 0 Å². The average Bonchev–Trinajstić information content (AvgIpc) is 2.45. The van der Waals surface area contributed by atoms with Crippen molar-refractivity contribution in [2.75, 3.05) is 0 Å². The molecule has 0 amide bonds. The van der Waals surface area contributed by atoms with Crippen molar-refractivity contribution < 1.29 is 9.59 Å². The van der Waals surface area contributed by atoms with Crippen LogP contribution < -0.4 is 0 Å². The van der Waals surface area contributed by atoms with E-state index in [1.54, 1.807) is 6.92 Å². The van der Waals surface area contributed by atoms with Gasteiger partial charge in [-0.3, -0.25) is 9.59 Å². The first-order valence-corrected chi connectivity index (χ1v) is 5.85. The summed E-state index contributed by atoms with van der Waals surface area (Å²) in [6.45, 7) is 5.60. The van der Waals surface area contributed by atoms with Gasteiger partial charge in [0.25, 0.3) is 0 Å². The molecule has 0 unspecified atom stereocenters. The van der Waals surface area contributed by atoms with E-state index >= 15 is 0 Å². The molecule has 0 saturated heterocycles. The Hall–Kier alpha value is -1.03. The summed E-state index contributed by atoms with van der Waals surface area (Å²) in [5, 5.41) is 0.874. The number of aryl methyl sites for hydroxylation is 2. The molecule has 0 saturated carbocycles. The van der Waals surface area contributed by atoms with Crippen LogP contribution in [-0.4, -0.2) is 16.6 Å². The van der Waals surface area contributed by atoms with Crippen molar-refractivity contribution in [1.82, 2.24) is 4.98 Å². The molecule has 1 aromatic rings. The Morgan fingerprint density at radius 1 is 1.33 bits per heavy atom. The lowest BCUT2D eigenvalue weighted by molar-refractivity contribution is -0.118. The molecule has 0 radical (unpaired) electrons. The molecule has 0 spiro atoms. The monoisotopic (exact) mass is 225 g/mol. The highest BCUT2D eigenvalue weighted by molar-refractivity contribution is 7.13. The van der Waals surface area contributed by atoms with E-state index in [0.717, 1.165) is 17.1 Å². The van der Waals surface area contributed by atoms with Crippen LogP contribution in [0.15, 0.2) is 0 Å². The number of ketones is 2. The molecule has 0 bridgehead atoms. The van der Waals surface area contributed by atoms with Gasteiger partial charge in [-0.25, -0.2) is 4.98 Å². The zero-order valence-corrected chi connectivity index (χ0v) is 10.1. The maximum atomic E-state index is 11.7. The largest absolute Gasteiger partial charge is 0.299 e. The van der Waals surface area contributed by atoms with Crippen molar-refractivity contribution >= 4 is 22.9 Å². The minimum atomic E-state index is -0.0865. The van der Waals surface area contributed by atoms with Crippen molar-refractivity contribution in [2.24, 2.45) is 0 Å². The first kappa shape index (κ1) is 12.0. The number of rotatable bonds is 5. The van der Waals surface area contributed by atoms with Crippen molar-refractivity contribution in [3.8, 4) is 0 Å². The standard InChI is InChI=1S/C11H15NO2S/c1-4-5-9(13)6-10(14)11-7(2)12-8(3)15-11/h4-6H2,1-3H3. The normalized spacial score (nSPS) is 10.3. The summed E-state index contributed by atoms with van der Waals surface area (Å²) in [5.74, 6) is -0.0653. The first-order chi connectivity index (χ1) is 7.04. The van der Waals surface area contributed by atoms with Crippen LogP contribution in [0.4, 0.5) is 0 Å². The summed E-state index contributed by atoms with van der Waals surface area (Å²) in [5.41, 5.74) is 0.742. The predicted molar refractivity (Wildman–Crippen MR) is 60.5 cm³/mol. The third-order valence-electron chi connectivity index (χ3n) is 2.04. The third kappa shape index (κ3) is 3.23. The lowest BCUT2D eigenvalue weighted by Crippen LogP contribution is -2.07. The van der Waals surface area contributed by atoms with Crippen molar-refractivity contribution in [3.05, 3.63) is 15.6 Å². The summed E-state index contributed by atoms with van der Waals surface area (Å²) in [6, 6.07) is 0. The number of hydrogen-bond acceptors (Lipinski definition) is 4. The molecule has 1 aromatic heterocycles. The highest BCUT2D eigenvalue weighted by Gasteiger charge is 2.16. The van der Waals surface area contributed by atoms with Crippen molar-refractivity contribution in [2.45, 2.75) is 40.0 Å². The molecule has 0 aliphatic heterocycles. The van der Waals surface area contributed by atoms with Gasteiger partial charge in [0, 0.05) is 6.42 Å². The molecular weight excluding hydrogens is 210 g/mol. The van der Waals surface area contributed by atoms with E-state index in [2.05, 4.69) is 4.98 Å². The van der Waals surface area contributed by atoms with Crippen LogP contribution in [0.2, 0.25) is 0 Å². The Kier molecular flexibility index (Phi) is 4.15. The Morgan fingerprint density at radius 2 is 2.00 bits per heavy atom. The van der Waals surface area contributed by atoms with E-state index in [1.165, 1.54) is 11.3 Å². The van der Waals surface area contributed by atoms with E-state index in [9.17, 15) is 9.59 Å². The van der Waals surface area contributed by atoms with Crippen LogP contribution in [0.1, 0.15) is 46.6 Å². The second-order valence-corrected chi connectivity index (χ2v) is 4.74. The molecule has 3 nitrogen and oxygen atoms in total. The minimum absolute atomic E-state index is 0.0213. The van der Waals surface area contributed by atoms with Crippen LogP contribution >= 0.6 is 11.3 Å². The van der Waals surface area contributed by atoms with E-state index in [-0.39, 0.29) is 18.0 Å². The van der Waals surface area contributed by atoms with Crippen LogP contribution in [0, 0.1) is 13.8 Å². The molecule has 4 heteroatoms. The topological polar surface area (TPSA) is 47.0 Å². The van der Waals surface area contributed by atoms with Crippen LogP contribution in [0.25, 0.3) is 0 Å². The molecule has 1 rings (SSSR count). The fourth-order valence-corrected chi connectivity index (χ4v) is 2.27. The number of thiazole rings is 1. The molecule has 0 fully saturated rings. The molecule has 0 aromatic carbocycles. The molecule has 1 heterocycles. The van der Waals surface area contributed by atoms with E-state index in [0.29, 0.717) is 11.3 Å². The van der Waals surface area contributed by atoms with Gasteiger partial charge < -0.3 is 0 Å². The number of carbonyl (C=O) groups excluding carboxylic acids is 2. The van der Waals surface area contributed by atoms with Crippen LogP contribution in [0.3, 0.4) is 0 Å². The fourth-order valence-electron chi connectivity index (χ4n) is 1.42. The molecule has 0 atom stereocenters. The zero-order valence-electron chi connectivity index (χ0n) is 9.29. The highest BCUT2D eigenvalue weighted by atomic mass is 32.1. The van der Waals surface area contributed by atoms with Gasteiger partial charge in [-0.2, -0.15) is 0 Å². The zero-order chi connectivity index (χ0) is 11.4. The Bertz CT molecular complexity index is 382. The molecular formula is C11H15NO2S. The quantitative estimate of drug-likeness (QED) is 0.571. The Balaban J connectivity index is 2.69. The van der Waals surface area contributed by atoms with E-state index in [4.69, 9.17) is 0 Å². The van der Waals surface area contributed by atoms with E-state index in [1.807, 2.05) is 13.8 Å². The second kappa shape index (κ2) is 5.16. The smallest absolute Gasteiger partial charge is 0.182 e. The van der Waals surface area contributed by atoms with Crippen molar-refractivity contribution in [3.63, 3.8) is 0 Å². The molecule has 0 N–H and O–H groups in total.